The van der Waals surface area contributed by atoms with Gasteiger partial charge in [-0.2, -0.15) is 5.10 Å². The van der Waals surface area contributed by atoms with Crippen LogP contribution < -0.4 is 5.73 Å². The molecule has 19 heavy (non-hydrogen) atoms. The average Bonchev–Trinajstić information content (AvgIpc) is 2.73. The molecule has 2 N–H and O–H groups in total. The third-order valence-electron chi connectivity index (χ3n) is 2.87. The number of aromatic nitrogens is 3. The second kappa shape index (κ2) is 5.60. The van der Waals surface area contributed by atoms with Crippen LogP contribution in [0.15, 0.2) is 16.9 Å². The number of nitrogen functional groups attached to an aromatic ring is 1. The fourth-order valence-electron chi connectivity index (χ4n) is 1.71. The topological polar surface area (TPSA) is 66.0 Å². The van der Waals surface area contributed by atoms with Crippen LogP contribution in [0.2, 0.25) is 25.7 Å². The Hall–Kier alpha value is -0.923. The standard InChI is InChI=1S/C12H19BrN4OSi/c1-19(2,3)5-4-18-8-17-11-9(6-16-17)10(13)7-15-12(11)14/h6-7H,4-5,8H2,1-3H3,(H2,14,15). The van der Waals surface area contributed by atoms with Gasteiger partial charge in [-0.15, -0.1) is 0 Å². The van der Waals surface area contributed by atoms with Crippen molar-refractivity contribution in [3.63, 3.8) is 0 Å². The van der Waals surface area contributed by atoms with E-state index in [1.807, 2.05) is 0 Å². The van der Waals surface area contributed by atoms with Gasteiger partial charge >= 0.3 is 0 Å². The van der Waals surface area contributed by atoms with Crippen LogP contribution in [0, 0.1) is 0 Å². The van der Waals surface area contributed by atoms with Crippen molar-refractivity contribution < 1.29 is 4.74 Å². The van der Waals surface area contributed by atoms with E-state index < -0.39 is 8.07 Å². The highest BCUT2D eigenvalue weighted by Crippen LogP contribution is 2.26. The second-order valence-electron chi connectivity index (χ2n) is 5.75. The van der Waals surface area contributed by atoms with Crippen molar-refractivity contribution in [3.05, 3.63) is 16.9 Å². The number of anilines is 1. The summed E-state index contributed by atoms with van der Waals surface area (Å²) in [6.07, 6.45) is 3.47. The molecule has 0 saturated carbocycles. The van der Waals surface area contributed by atoms with E-state index in [0.29, 0.717) is 12.5 Å². The van der Waals surface area contributed by atoms with Crippen molar-refractivity contribution in [2.24, 2.45) is 0 Å². The lowest BCUT2D eigenvalue weighted by atomic mass is 10.3. The van der Waals surface area contributed by atoms with Gasteiger partial charge in [0.1, 0.15) is 18.1 Å². The van der Waals surface area contributed by atoms with Gasteiger partial charge in [-0.25, -0.2) is 9.67 Å². The predicted octanol–water partition coefficient (Wildman–Crippen LogP) is 3.09. The lowest BCUT2D eigenvalue weighted by molar-refractivity contribution is 0.0817. The Bertz CT molecular complexity index is 579. The number of halogens is 1. The summed E-state index contributed by atoms with van der Waals surface area (Å²) in [5.74, 6) is 0.476. The minimum atomic E-state index is -1.05. The highest BCUT2D eigenvalue weighted by Gasteiger charge is 2.13. The molecule has 0 aliphatic rings. The van der Waals surface area contributed by atoms with Crippen molar-refractivity contribution in [2.75, 3.05) is 12.3 Å². The number of pyridine rings is 1. The minimum absolute atomic E-state index is 0.413. The number of hydrogen-bond donors (Lipinski definition) is 1. The first kappa shape index (κ1) is 14.5. The number of fused-ring (bicyclic) bond motifs is 1. The summed E-state index contributed by atoms with van der Waals surface area (Å²) in [4.78, 5) is 4.13. The molecule has 0 fully saturated rings. The molecule has 0 aromatic carbocycles. The van der Waals surface area contributed by atoms with E-state index in [-0.39, 0.29) is 0 Å². The molecule has 0 aliphatic heterocycles. The second-order valence-corrected chi connectivity index (χ2v) is 12.2. The third kappa shape index (κ3) is 3.55. The molecule has 0 spiro atoms. The lowest BCUT2D eigenvalue weighted by Crippen LogP contribution is -2.22. The molecule has 2 aromatic rings. The molecule has 2 aromatic heterocycles. The smallest absolute Gasteiger partial charge is 0.149 e. The molecular weight excluding hydrogens is 324 g/mol. The zero-order chi connectivity index (χ0) is 14.0. The number of nitrogens with zero attached hydrogens (tertiary/aromatic N) is 3. The SMILES string of the molecule is C[Si](C)(C)CCOCn1ncc2c(Br)cnc(N)c21. The Labute approximate surface area is 122 Å². The predicted molar refractivity (Wildman–Crippen MR) is 83.7 cm³/mol. The molecule has 0 saturated heterocycles. The van der Waals surface area contributed by atoms with Gasteiger partial charge in [0, 0.05) is 30.7 Å². The molecule has 5 nitrogen and oxygen atoms in total. The van der Waals surface area contributed by atoms with Crippen LogP contribution in [0.5, 0.6) is 0 Å². The summed E-state index contributed by atoms with van der Waals surface area (Å²) >= 11 is 3.45. The third-order valence-corrected chi connectivity index (χ3v) is 5.20. The summed E-state index contributed by atoms with van der Waals surface area (Å²) in [5, 5.41) is 5.26. The highest BCUT2D eigenvalue weighted by molar-refractivity contribution is 9.10. The van der Waals surface area contributed by atoms with Gasteiger partial charge < -0.3 is 10.5 Å². The zero-order valence-electron chi connectivity index (χ0n) is 11.5. The molecule has 7 heteroatoms. The van der Waals surface area contributed by atoms with Gasteiger partial charge in [-0.1, -0.05) is 19.6 Å². The molecular formula is C12H19BrN4OSi. The van der Waals surface area contributed by atoms with Crippen molar-refractivity contribution >= 4 is 40.7 Å². The van der Waals surface area contributed by atoms with Gasteiger partial charge in [-0.05, 0) is 22.0 Å². The molecule has 0 bridgehead atoms. The first-order chi connectivity index (χ1) is 8.88. The maximum atomic E-state index is 5.90. The van der Waals surface area contributed by atoms with Gasteiger partial charge in [0.25, 0.3) is 0 Å². The molecule has 0 unspecified atom stereocenters. The first-order valence-electron chi connectivity index (χ1n) is 6.22. The largest absolute Gasteiger partial charge is 0.382 e. The average molecular weight is 343 g/mol. The van der Waals surface area contributed by atoms with E-state index in [1.165, 1.54) is 0 Å². The van der Waals surface area contributed by atoms with Crippen LogP contribution in [0.1, 0.15) is 0 Å². The quantitative estimate of drug-likeness (QED) is 0.669. The van der Waals surface area contributed by atoms with Crippen LogP contribution in [0.4, 0.5) is 5.82 Å². The molecule has 2 heterocycles. The fraction of sp³-hybridized carbons (Fsp3) is 0.500. The summed E-state index contributed by atoms with van der Waals surface area (Å²) in [5.41, 5.74) is 6.72. The van der Waals surface area contributed by atoms with Crippen molar-refractivity contribution in [1.82, 2.24) is 14.8 Å². The van der Waals surface area contributed by atoms with Crippen LogP contribution >= 0.6 is 15.9 Å². The van der Waals surface area contributed by atoms with Crippen molar-refractivity contribution in [2.45, 2.75) is 32.4 Å². The van der Waals surface area contributed by atoms with Crippen LogP contribution in [-0.2, 0) is 11.5 Å². The van der Waals surface area contributed by atoms with E-state index in [4.69, 9.17) is 10.5 Å². The highest BCUT2D eigenvalue weighted by atomic mass is 79.9. The molecule has 0 atom stereocenters. The molecule has 104 valence electrons. The molecule has 2 rings (SSSR count). The van der Waals surface area contributed by atoms with Crippen molar-refractivity contribution in [3.8, 4) is 0 Å². The van der Waals surface area contributed by atoms with Gasteiger partial charge in [0.2, 0.25) is 0 Å². The Morgan fingerprint density at radius 2 is 2.11 bits per heavy atom. The monoisotopic (exact) mass is 342 g/mol. The maximum Gasteiger partial charge on any atom is 0.149 e. The van der Waals surface area contributed by atoms with Gasteiger partial charge in [-0.3, -0.25) is 0 Å². The number of ether oxygens (including phenoxy) is 1. The van der Waals surface area contributed by atoms with Crippen LogP contribution in [-0.4, -0.2) is 29.4 Å². The summed E-state index contributed by atoms with van der Waals surface area (Å²) in [6, 6.07) is 1.14. The minimum Gasteiger partial charge on any atom is -0.382 e. The number of nitrogens with two attached hydrogens (primary N) is 1. The van der Waals surface area contributed by atoms with Crippen LogP contribution in [0.25, 0.3) is 10.9 Å². The van der Waals surface area contributed by atoms with Crippen molar-refractivity contribution in [1.29, 1.82) is 0 Å². The lowest BCUT2D eigenvalue weighted by Gasteiger charge is -2.15. The van der Waals surface area contributed by atoms with E-state index in [0.717, 1.165) is 28.0 Å². The number of hydrogen-bond acceptors (Lipinski definition) is 4. The Kier molecular flexibility index (Phi) is 4.27. The molecule has 0 amide bonds. The Morgan fingerprint density at radius 3 is 2.79 bits per heavy atom. The fourth-order valence-corrected chi connectivity index (χ4v) is 2.86. The van der Waals surface area contributed by atoms with E-state index in [2.05, 4.69) is 45.7 Å². The summed E-state index contributed by atoms with van der Waals surface area (Å²) in [7, 11) is -1.05. The van der Waals surface area contributed by atoms with Crippen LogP contribution in [0.3, 0.4) is 0 Å². The summed E-state index contributed by atoms with van der Waals surface area (Å²) < 4.78 is 8.34. The van der Waals surface area contributed by atoms with E-state index in [1.54, 1.807) is 17.1 Å². The molecule has 0 radical (unpaired) electrons. The summed E-state index contributed by atoms with van der Waals surface area (Å²) in [6.45, 7) is 8.17. The number of rotatable bonds is 5. The zero-order valence-corrected chi connectivity index (χ0v) is 14.1. The van der Waals surface area contributed by atoms with Gasteiger partial charge in [0.15, 0.2) is 0 Å². The maximum absolute atomic E-state index is 5.90. The van der Waals surface area contributed by atoms with E-state index >= 15 is 0 Å². The first-order valence-corrected chi connectivity index (χ1v) is 10.7. The molecule has 0 aliphatic carbocycles. The van der Waals surface area contributed by atoms with E-state index in [9.17, 15) is 0 Å². The van der Waals surface area contributed by atoms with Gasteiger partial charge in [0.05, 0.1) is 6.20 Å². The normalized spacial score (nSPS) is 12.2. The Morgan fingerprint density at radius 1 is 1.37 bits per heavy atom. The Balaban J connectivity index is 2.08.